The number of nitrogens with zero attached hydrogens (tertiary/aromatic N) is 1. The molecule has 2 amide bonds. The normalized spacial score (nSPS) is 11.8. The summed E-state index contributed by atoms with van der Waals surface area (Å²) in [6, 6.07) is 19.0. The standard InChI is InChI=1S/C21H26N2O2/c1-16(2)21(25)23(15-18-12-8-5-9-13-18)19(20(24)22-3)14-17-10-6-4-7-11-17/h4-13,16,19H,14-15H2,1-3H3,(H,22,24)/t19-/m1/s1. The van der Waals surface area contributed by atoms with Crippen LogP contribution in [0.2, 0.25) is 0 Å². The summed E-state index contributed by atoms with van der Waals surface area (Å²) in [5.41, 5.74) is 2.05. The number of carbonyl (C=O) groups excluding carboxylic acids is 2. The molecule has 1 atom stereocenters. The zero-order valence-electron chi connectivity index (χ0n) is 15.1. The van der Waals surface area contributed by atoms with Gasteiger partial charge < -0.3 is 10.2 Å². The Labute approximate surface area is 149 Å². The van der Waals surface area contributed by atoms with Crippen molar-refractivity contribution in [3.05, 3.63) is 71.8 Å². The third-order valence-corrected chi connectivity index (χ3v) is 4.17. The van der Waals surface area contributed by atoms with E-state index in [0.29, 0.717) is 13.0 Å². The minimum atomic E-state index is -0.539. The van der Waals surface area contributed by atoms with E-state index in [0.717, 1.165) is 11.1 Å². The van der Waals surface area contributed by atoms with Gasteiger partial charge in [-0.3, -0.25) is 9.59 Å². The van der Waals surface area contributed by atoms with Crippen molar-refractivity contribution in [2.75, 3.05) is 7.05 Å². The summed E-state index contributed by atoms with van der Waals surface area (Å²) < 4.78 is 0. The Bertz CT molecular complexity index is 684. The predicted octanol–water partition coefficient (Wildman–Crippen LogP) is 3.03. The molecule has 0 fully saturated rings. The molecule has 25 heavy (non-hydrogen) atoms. The van der Waals surface area contributed by atoms with Crippen LogP contribution in [0, 0.1) is 5.92 Å². The first-order valence-corrected chi connectivity index (χ1v) is 8.63. The lowest BCUT2D eigenvalue weighted by Gasteiger charge is -2.32. The predicted molar refractivity (Wildman–Crippen MR) is 99.8 cm³/mol. The fourth-order valence-corrected chi connectivity index (χ4v) is 2.80. The second kappa shape index (κ2) is 9.02. The van der Waals surface area contributed by atoms with Gasteiger partial charge in [0.15, 0.2) is 0 Å². The molecule has 0 aliphatic carbocycles. The summed E-state index contributed by atoms with van der Waals surface area (Å²) in [6.45, 7) is 4.15. The van der Waals surface area contributed by atoms with Gasteiger partial charge in [0.25, 0.3) is 0 Å². The lowest BCUT2D eigenvalue weighted by Crippen LogP contribution is -2.50. The molecule has 0 saturated carbocycles. The molecule has 0 saturated heterocycles. The highest BCUT2D eigenvalue weighted by Crippen LogP contribution is 2.17. The van der Waals surface area contributed by atoms with E-state index < -0.39 is 6.04 Å². The maximum absolute atomic E-state index is 12.8. The topological polar surface area (TPSA) is 49.4 Å². The van der Waals surface area contributed by atoms with E-state index in [1.807, 2.05) is 74.5 Å². The van der Waals surface area contributed by atoms with Crippen LogP contribution in [0.1, 0.15) is 25.0 Å². The van der Waals surface area contributed by atoms with Crippen LogP contribution in [0.15, 0.2) is 60.7 Å². The van der Waals surface area contributed by atoms with E-state index in [1.54, 1.807) is 11.9 Å². The van der Waals surface area contributed by atoms with Gasteiger partial charge in [0.2, 0.25) is 11.8 Å². The van der Waals surface area contributed by atoms with E-state index in [9.17, 15) is 9.59 Å². The second-order valence-corrected chi connectivity index (χ2v) is 6.43. The molecule has 132 valence electrons. The van der Waals surface area contributed by atoms with Gasteiger partial charge in [-0.15, -0.1) is 0 Å². The molecular formula is C21H26N2O2. The van der Waals surface area contributed by atoms with Crippen molar-refractivity contribution in [1.29, 1.82) is 0 Å². The summed E-state index contributed by atoms with van der Waals surface area (Å²) >= 11 is 0. The van der Waals surface area contributed by atoms with E-state index in [2.05, 4.69) is 5.32 Å². The average Bonchev–Trinajstić information content (AvgIpc) is 2.65. The summed E-state index contributed by atoms with van der Waals surface area (Å²) in [7, 11) is 1.61. The van der Waals surface area contributed by atoms with Crippen LogP contribution in [0.25, 0.3) is 0 Å². The van der Waals surface area contributed by atoms with Crippen molar-refractivity contribution in [2.24, 2.45) is 5.92 Å². The lowest BCUT2D eigenvalue weighted by molar-refractivity contribution is -0.143. The molecule has 0 aromatic heterocycles. The summed E-state index contributed by atoms with van der Waals surface area (Å²) in [5.74, 6) is -0.339. The van der Waals surface area contributed by atoms with Gasteiger partial charge in [-0.05, 0) is 11.1 Å². The third-order valence-electron chi connectivity index (χ3n) is 4.17. The van der Waals surface area contributed by atoms with Crippen molar-refractivity contribution in [2.45, 2.75) is 32.9 Å². The molecule has 0 aliphatic heterocycles. The number of nitrogens with one attached hydrogen (secondary N) is 1. The van der Waals surface area contributed by atoms with E-state index in [4.69, 9.17) is 0 Å². The molecule has 0 radical (unpaired) electrons. The van der Waals surface area contributed by atoms with Crippen LogP contribution >= 0.6 is 0 Å². The first-order valence-electron chi connectivity index (χ1n) is 8.63. The highest BCUT2D eigenvalue weighted by molar-refractivity contribution is 5.88. The highest BCUT2D eigenvalue weighted by atomic mass is 16.2. The minimum absolute atomic E-state index is 0.0200. The lowest BCUT2D eigenvalue weighted by atomic mass is 10.0. The molecule has 2 rings (SSSR count). The molecule has 2 aromatic rings. The fourth-order valence-electron chi connectivity index (χ4n) is 2.80. The van der Waals surface area contributed by atoms with Crippen LogP contribution in [0.5, 0.6) is 0 Å². The van der Waals surface area contributed by atoms with Gasteiger partial charge in [0.1, 0.15) is 6.04 Å². The van der Waals surface area contributed by atoms with Crippen molar-refractivity contribution in [3.63, 3.8) is 0 Å². The Kier molecular flexibility index (Phi) is 6.75. The molecule has 0 heterocycles. The molecule has 4 nitrogen and oxygen atoms in total. The SMILES string of the molecule is CNC(=O)[C@@H](Cc1ccccc1)N(Cc1ccccc1)C(=O)C(C)C. The van der Waals surface area contributed by atoms with Gasteiger partial charge >= 0.3 is 0 Å². The van der Waals surface area contributed by atoms with E-state index in [1.165, 1.54) is 0 Å². The minimum Gasteiger partial charge on any atom is -0.357 e. The van der Waals surface area contributed by atoms with Gasteiger partial charge in [-0.25, -0.2) is 0 Å². The van der Waals surface area contributed by atoms with E-state index in [-0.39, 0.29) is 17.7 Å². The fraction of sp³-hybridized carbons (Fsp3) is 0.333. The molecule has 0 unspecified atom stereocenters. The number of benzene rings is 2. The van der Waals surface area contributed by atoms with Crippen LogP contribution in [-0.2, 0) is 22.6 Å². The molecule has 4 heteroatoms. The summed E-state index contributed by atoms with van der Waals surface area (Å²) in [5, 5.41) is 2.71. The second-order valence-electron chi connectivity index (χ2n) is 6.43. The van der Waals surface area contributed by atoms with Crippen molar-refractivity contribution in [1.82, 2.24) is 10.2 Å². The molecule has 1 N–H and O–H groups in total. The maximum atomic E-state index is 12.8. The zero-order valence-corrected chi connectivity index (χ0v) is 15.1. The van der Waals surface area contributed by atoms with Gasteiger partial charge in [0, 0.05) is 25.9 Å². The van der Waals surface area contributed by atoms with Crippen molar-refractivity contribution < 1.29 is 9.59 Å². The molecule has 0 bridgehead atoms. The van der Waals surface area contributed by atoms with Crippen LogP contribution in [0.3, 0.4) is 0 Å². The molecule has 0 aliphatic rings. The molecule has 0 spiro atoms. The Morgan fingerprint density at radius 2 is 1.44 bits per heavy atom. The summed E-state index contributed by atoms with van der Waals surface area (Å²) in [6.07, 6.45) is 0.492. The Morgan fingerprint density at radius 1 is 0.920 bits per heavy atom. The quantitative estimate of drug-likeness (QED) is 0.844. The first-order chi connectivity index (χ1) is 12.0. The number of hydrogen-bond donors (Lipinski definition) is 1. The molecule has 2 aromatic carbocycles. The van der Waals surface area contributed by atoms with Crippen LogP contribution in [-0.4, -0.2) is 29.8 Å². The number of likely N-dealkylation sites (N-methyl/N-ethyl adjacent to an activating group) is 1. The first kappa shape index (κ1) is 18.7. The number of hydrogen-bond acceptors (Lipinski definition) is 2. The van der Waals surface area contributed by atoms with Gasteiger partial charge in [-0.2, -0.15) is 0 Å². The monoisotopic (exact) mass is 338 g/mol. The van der Waals surface area contributed by atoms with Crippen LogP contribution in [0.4, 0.5) is 0 Å². The highest BCUT2D eigenvalue weighted by Gasteiger charge is 2.30. The Balaban J connectivity index is 2.34. The number of carbonyl (C=O) groups is 2. The van der Waals surface area contributed by atoms with Gasteiger partial charge in [0.05, 0.1) is 0 Å². The third kappa shape index (κ3) is 5.18. The number of amides is 2. The zero-order chi connectivity index (χ0) is 18.2. The maximum Gasteiger partial charge on any atom is 0.242 e. The Morgan fingerprint density at radius 3 is 1.92 bits per heavy atom. The number of rotatable bonds is 7. The summed E-state index contributed by atoms with van der Waals surface area (Å²) in [4.78, 5) is 27.1. The van der Waals surface area contributed by atoms with Gasteiger partial charge in [-0.1, -0.05) is 74.5 Å². The smallest absolute Gasteiger partial charge is 0.242 e. The molecular weight excluding hydrogens is 312 g/mol. The largest absolute Gasteiger partial charge is 0.357 e. The van der Waals surface area contributed by atoms with Crippen LogP contribution < -0.4 is 5.32 Å². The van der Waals surface area contributed by atoms with Crippen molar-refractivity contribution >= 4 is 11.8 Å². The Hall–Kier alpha value is -2.62. The average molecular weight is 338 g/mol. The van der Waals surface area contributed by atoms with Crippen molar-refractivity contribution in [3.8, 4) is 0 Å². The van der Waals surface area contributed by atoms with E-state index >= 15 is 0 Å².